The summed E-state index contributed by atoms with van der Waals surface area (Å²) in [6.45, 7) is 4.49. The molecule has 0 heterocycles. The molecule has 0 aromatic heterocycles. The van der Waals surface area contributed by atoms with Crippen LogP contribution in [0.5, 0.6) is 0 Å². The molecular formula is C14H19BrN2O3S. The van der Waals surface area contributed by atoms with Crippen LogP contribution < -0.4 is 5.14 Å². The number of nitrogens with two attached hydrogens (primary N) is 1. The summed E-state index contributed by atoms with van der Waals surface area (Å²) < 4.78 is 23.7. The molecule has 0 aliphatic heterocycles. The quantitative estimate of drug-likeness (QED) is 0.858. The highest BCUT2D eigenvalue weighted by molar-refractivity contribution is 9.10. The fraction of sp³-hybridized carbons (Fsp3) is 0.500. The second kappa shape index (κ2) is 6.06. The molecule has 0 radical (unpaired) electrons. The van der Waals surface area contributed by atoms with Gasteiger partial charge in [0.05, 0.1) is 4.90 Å². The van der Waals surface area contributed by atoms with Gasteiger partial charge < -0.3 is 4.90 Å². The highest BCUT2D eigenvalue weighted by atomic mass is 79.9. The maximum Gasteiger partial charge on any atom is 0.254 e. The smallest absolute Gasteiger partial charge is 0.254 e. The van der Waals surface area contributed by atoms with Crippen LogP contribution in [0.1, 0.15) is 42.1 Å². The summed E-state index contributed by atoms with van der Waals surface area (Å²) in [5.41, 5.74) is 1.13. The van der Waals surface area contributed by atoms with E-state index in [-0.39, 0.29) is 16.8 Å². The Bertz CT molecular complexity index is 669. The van der Waals surface area contributed by atoms with E-state index in [1.165, 1.54) is 12.1 Å². The highest BCUT2D eigenvalue weighted by Gasteiger charge is 2.33. The van der Waals surface area contributed by atoms with Gasteiger partial charge in [-0.05, 0) is 43.9 Å². The van der Waals surface area contributed by atoms with Gasteiger partial charge in [0.2, 0.25) is 10.0 Å². The van der Waals surface area contributed by atoms with Crippen molar-refractivity contribution in [1.82, 2.24) is 4.90 Å². The molecule has 1 amide bonds. The first-order chi connectivity index (χ1) is 9.75. The number of sulfonamides is 1. The molecule has 7 heteroatoms. The van der Waals surface area contributed by atoms with Crippen LogP contribution in [0.4, 0.5) is 0 Å². The first kappa shape index (κ1) is 16.5. The van der Waals surface area contributed by atoms with Gasteiger partial charge in [0, 0.05) is 22.6 Å². The van der Waals surface area contributed by atoms with Crippen LogP contribution in [0.2, 0.25) is 0 Å². The summed E-state index contributed by atoms with van der Waals surface area (Å²) in [5, 5.41) is 5.18. The number of halogens is 1. The third kappa shape index (κ3) is 3.64. The van der Waals surface area contributed by atoms with Crippen molar-refractivity contribution >= 4 is 31.9 Å². The van der Waals surface area contributed by atoms with E-state index in [0.29, 0.717) is 16.6 Å². The average Bonchev–Trinajstić information content (AvgIpc) is 3.21. The number of carbonyl (C=O) groups is 1. The van der Waals surface area contributed by atoms with E-state index in [9.17, 15) is 13.2 Å². The summed E-state index contributed by atoms with van der Waals surface area (Å²) in [4.78, 5) is 14.5. The lowest BCUT2D eigenvalue weighted by molar-refractivity contribution is 0.0742. The maximum absolute atomic E-state index is 12.7. The van der Waals surface area contributed by atoms with E-state index in [0.717, 1.165) is 24.8 Å². The Morgan fingerprint density at radius 3 is 2.52 bits per heavy atom. The summed E-state index contributed by atoms with van der Waals surface area (Å²) in [7, 11) is -3.84. The molecular weight excluding hydrogens is 356 g/mol. The SMILES string of the molecule is CCCN(C(=O)c1cc(S(N)(=O)=O)cc(Br)c1C)C1CC1. The fourth-order valence-electron chi connectivity index (χ4n) is 2.27. The number of carbonyl (C=O) groups excluding carboxylic acids is 1. The van der Waals surface area contributed by atoms with Crippen LogP contribution >= 0.6 is 15.9 Å². The van der Waals surface area contributed by atoms with Crippen LogP contribution in [0.25, 0.3) is 0 Å². The van der Waals surface area contributed by atoms with Crippen LogP contribution in [0.15, 0.2) is 21.5 Å². The topological polar surface area (TPSA) is 80.5 Å². The van der Waals surface area contributed by atoms with Gasteiger partial charge in [-0.1, -0.05) is 22.9 Å². The van der Waals surface area contributed by atoms with Crippen molar-refractivity contribution < 1.29 is 13.2 Å². The zero-order chi connectivity index (χ0) is 15.8. The molecule has 1 aromatic carbocycles. The minimum absolute atomic E-state index is 0.0458. The number of rotatable bonds is 5. The molecule has 1 fully saturated rings. The van der Waals surface area contributed by atoms with Crippen molar-refractivity contribution in [3.05, 3.63) is 27.7 Å². The number of benzene rings is 1. The molecule has 2 N–H and O–H groups in total. The molecule has 0 bridgehead atoms. The van der Waals surface area contributed by atoms with Gasteiger partial charge in [0.25, 0.3) is 5.91 Å². The van der Waals surface area contributed by atoms with Crippen molar-refractivity contribution in [2.75, 3.05) is 6.54 Å². The Morgan fingerprint density at radius 2 is 2.05 bits per heavy atom. The largest absolute Gasteiger partial charge is 0.336 e. The van der Waals surface area contributed by atoms with Gasteiger partial charge in [-0.15, -0.1) is 0 Å². The van der Waals surface area contributed by atoms with E-state index in [1.807, 2.05) is 11.8 Å². The third-order valence-corrected chi connectivity index (χ3v) is 5.31. The lowest BCUT2D eigenvalue weighted by Crippen LogP contribution is -2.34. The van der Waals surface area contributed by atoms with Crippen molar-refractivity contribution in [2.45, 2.75) is 44.0 Å². The lowest BCUT2D eigenvalue weighted by atomic mass is 10.1. The van der Waals surface area contributed by atoms with Crippen LogP contribution in [-0.2, 0) is 10.0 Å². The molecule has 0 atom stereocenters. The van der Waals surface area contributed by atoms with Gasteiger partial charge in [-0.2, -0.15) is 0 Å². The monoisotopic (exact) mass is 374 g/mol. The predicted molar refractivity (Wildman–Crippen MR) is 84.6 cm³/mol. The van der Waals surface area contributed by atoms with Crippen LogP contribution in [0, 0.1) is 6.92 Å². The standard InChI is InChI=1S/C14H19BrN2O3S/c1-3-6-17(10-4-5-10)14(18)12-7-11(21(16,19)20)8-13(15)9(12)2/h7-8,10H,3-6H2,1-2H3,(H2,16,19,20). The number of primary sulfonamides is 1. The van der Waals surface area contributed by atoms with Crippen molar-refractivity contribution in [2.24, 2.45) is 5.14 Å². The summed E-state index contributed by atoms with van der Waals surface area (Å²) in [5.74, 6) is -0.122. The molecule has 1 aromatic rings. The summed E-state index contributed by atoms with van der Waals surface area (Å²) in [6.07, 6.45) is 2.90. The van der Waals surface area contributed by atoms with E-state index in [4.69, 9.17) is 5.14 Å². The summed E-state index contributed by atoms with van der Waals surface area (Å²) >= 11 is 3.31. The van der Waals surface area contributed by atoms with E-state index in [2.05, 4.69) is 15.9 Å². The Balaban J connectivity index is 2.46. The molecule has 0 unspecified atom stereocenters. The zero-order valence-electron chi connectivity index (χ0n) is 12.1. The first-order valence-corrected chi connectivity index (χ1v) is 9.23. The number of nitrogens with zero attached hydrogens (tertiary/aromatic N) is 1. The van der Waals surface area contributed by atoms with Gasteiger partial charge in [0.1, 0.15) is 0 Å². The molecule has 5 nitrogen and oxygen atoms in total. The molecule has 1 aliphatic carbocycles. The highest BCUT2D eigenvalue weighted by Crippen LogP contribution is 2.31. The van der Waals surface area contributed by atoms with Crippen LogP contribution in [0.3, 0.4) is 0 Å². The van der Waals surface area contributed by atoms with E-state index >= 15 is 0 Å². The Kier molecular flexibility index (Phi) is 4.75. The fourth-order valence-corrected chi connectivity index (χ4v) is 3.45. The molecule has 21 heavy (non-hydrogen) atoms. The van der Waals surface area contributed by atoms with Gasteiger partial charge in [-0.3, -0.25) is 4.79 Å². The maximum atomic E-state index is 12.7. The Morgan fingerprint density at radius 1 is 1.43 bits per heavy atom. The minimum atomic E-state index is -3.84. The van der Waals surface area contributed by atoms with Crippen molar-refractivity contribution in [3.63, 3.8) is 0 Å². The predicted octanol–water partition coefficient (Wildman–Crippen LogP) is 2.42. The van der Waals surface area contributed by atoms with E-state index < -0.39 is 10.0 Å². The zero-order valence-corrected chi connectivity index (χ0v) is 14.5. The molecule has 0 spiro atoms. The lowest BCUT2D eigenvalue weighted by Gasteiger charge is -2.23. The van der Waals surface area contributed by atoms with Gasteiger partial charge in [-0.25, -0.2) is 13.6 Å². The Labute approximate surface area is 133 Å². The van der Waals surface area contributed by atoms with Crippen LogP contribution in [-0.4, -0.2) is 31.8 Å². The van der Waals surface area contributed by atoms with Gasteiger partial charge in [0.15, 0.2) is 0 Å². The normalized spacial score (nSPS) is 15.0. The average molecular weight is 375 g/mol. The molecule has 1 saturated carbocycles. The molecule has 0 saturated heterocycles. The molecule has 116 valence electrons. The number of hydrogen-bond acceptors (Lipinski definition) is 3. The van der Waals surface area contributed by atoms with Crippen molar-refractivity contribution in [1.29, 1.82) is 0 Å². The van der Waals surface area contributed by atoms with Gasteiger partial charge >= 0.3 is 0 Å². The van der Waals surface area contributed by atoms with E-state index in [1.54, 1.807) is 6.92 Å². The Hall–Kier alpha value is -0.920. The second-order valence-electron chi connectivity index (χ2n) is 5.35. The summed E-state index contributed by atoms with van der Waals surface area (Å²) in [6, 6.07) is 3.10. The molecule has 1 aliphatic rings. The second-order valence-corrected chi connectivity index (χ2v) is 7.77. The molecule has 2 rings (SSSR count). The number of amides is 1. The van der Waals surface area contributed by atoms with Crippen molar-refractivity contribution in [3.8, 4) is 0 Å². The minimum Gasteiger partial charge on any atom is -0.336 e. The third-order valence-electron chi connectivity index (χ3n) is 3.59. The first-order valence-electron chi connectivity index (χ1n) is 6.89. The number of hydrogen-bond donors (Lipinski definition) is 1.